The zero-order chi connectivity index (χ0) is 16.5. The number of benzene rings is 2. The summed E-state index contributed by atoms with van der Waals surface area (Å²) in [5, 5.41) is 9.21. The van der Waals surface area contributed by atoms with E-state index in [1.54, 1.807) is 38.1 Å². The second-order valence-corrected chi connectivity index (χ2v) is 6.83. The first kappa shape index (κ1) is 16.0. The fourth-order valence-electron chi connectivity index (χ4n) is 2.27. The minimum atomic E-state index is -3.85. The predicted octanol–water partition coefficient (Wildman–Crippen LogP) is 3.11. The molecule has 0 spiro atoms. The minimum Gasteiger partial charge on any atom is -0.478 e. The molecule has 5 nitrogen and oxygen atoms in total. The lowest BCUT2D eigenvalue weighted by atomic mass is 10.1. The fraction of sp³-hybridized carbons (Fsp3) is 0.188. The third-order valence-electron chi connectivity index (χ3n) is 3.36. The quantitative estimate of drug-likeness (QED) is 0.907. The van der Waals surface area contributed by atoms with Crippen LogP contribution in [-0.4, -0.2) is 19.5 Å². The number of anilines is 1. The lowest BCUT2D eigenvalue weighted by molar-refractivity contribution is 0.0698. The summed E-state index contributed by atoms with van der Waals surface area (Å²) in [5.74, 6) is -1.18. The first-order valence-corrected chi connectivity index (χ1v) is 8.13. The first-order chi connectivity index (χ1) is 10.2. The molecule has 2 aromatic carbocycles. The number of carboxylic acids is 1. The van der Waals surface area contributed by atoms with E-state index in [0.717, 1.165) is 5.56 Å². The van der Waals surface area contributed by atoms with E-state index in [-0.39, 0.29) is 16.1 Å². The highest BCUT2D eigenvalue weighted by Gasteiger charge is 2.21. The maximum atomic E-state index is 12.6. The molecule has 0 aliphatic rings. The van der Waals surface area contributed by atoms with Gasteiger partial charge in [0.15, 0.2) is 0 Å². The number of aryl methyl sites for hydroxylation is 3. The van der Waals surface area contributed by atoms with Crippen LogP contribution in [0, 0.1) is 20.8 Å². The Bertz CT molecular complexity index is 841. The fourth-order valence-corrected chi connectivity index (χ4v) is 3.65. The summed E-state index contributed by atoms with van der Waals surface area (Å²) in [4.78, 5) is 11.4. The van der Waals surface area contributed by atoms with Gasteiger partial charge in [0.25, 0.3) is 10.0 Å². The van der Waals surface area contributed by atoms with Crippen LogP contribution < -0.4 is 4.72 Å². The van der Waals surface area contributed by atoms with Gasteiger partial charge in [0.2, 0.25) is 0 Å². The lowest BCUT2D eigenvalue weighted by Crippen LogP contribution is -2.17. The Morgan fingerprint density at radius 3 is 2.32 bits per heavy atom. The van der Waals surface area contributed by atoms with Crippen molar-refractivity contribution in [1.29, 1.82) is 0 Å². The average molecular weight is 319 g/mol. The molecule has 2 N–H and O–H groups in total. The van der Waals surface area contributed by atoms with Crippen LogP contribution in [0.1, 0.15) is 27.0 Å². The molecule has 0 aliphatic heterocycles. The van der Waals surface area contributed by atoms with Crippen LogP contribution in [0.25, 0.3) is 0 Å². The number of rotatable bonds is 4. The second-order valence-electron chi connectivity index (χ2n) is 5.18. The zero-order valence-electron chi connectivity index (χ0n) is 12.5. The lowest BCUT2D eigenvalue weighted by Gasteiger charge is -2.14. The normalized spacial score (nSPS) is 11.2. The number of carboxylic acid groups (broad SMARTS) is 1. The Morgan fingerprint density at radius 1 is 1.05 bits per heavy atom. The summed E-state index contributed by atoms with van der Waals surface area (Å²) >= 11 is 0. The number of para-hydroxylation sites is 1. The van der Waals surface area contributed by atoms with Crippen molar-refractivity contribution in [2.75, 3.05) is 4.72 Å². The molecule has 22 heavy (non-hydrogen) atoms. The van der Waals surface area contributed by atoms with Crippen molar-refractivity contribution in [2.24, 2.45) is 0 Å². The molecule has 116 valence electrons. The zero-order valence-corrected chi connectivity index (χ0v) is 13.4. The largest absolute Gasteiger partial charge is 0.478 e. The molecule has 0 heterocycles. The van der Waals surface area contributed by atoms with E-state index < -0.39 is 16.0 Å². The highest BCUT2D eigenvalue weighted by Crippen LogP contribution is 2.25. The third kappa shape index (κ3) is 3.12. The summed E-state index contributed by atoms with van der Waals surface area (Å²) in [7, 11) is -3.85. The van der Waals surface area contributed by atoms with Crippen LogP contribution in [0.15, 0.2) is 41.3 Å². The van der Waals surface area contributed by atoms with Gasteiger partial charge < -0.3 is 5.11 Å². The molecule has 0 amide bonds. The molecule has 0 saturated heterocycles. The summed E-state index contributed by atoms with van der Waals surface area (Å²) in [6.07, 6.45) is 0. The van der Waals surface area contributed by atoms with Gasteiger partial charge in [-0.15, -0.1) is 0 Å². The topological polar surface area (TPSA) is 83.5 Å². The Balaban J connectivity index is 2.52. The van der Waals surface area contributed by atoms with E-state index >= 15 is 0 Å². The van der Waals surface area contributed by atoms with E-state index in [1.165, 1.54) is 12.1 Å². The van der Waals surface area contributed by atoms with Gasteiger partial charge in [-0.05, 0) is 44.0 Å². The minimum absolute atomic E-state index is 0.0756. The van der Waals surface area contributed by atoms with Crippen LogP contribution in [0.3, 0.4) is 0 Å². The van der Waals surface area contributed by atoms with E-state index in [2.05, 4.69) is 4.72 Å². The molecular formula is C16H17NO4S. The monoisotopic (exact) mass is 319 g/mol. The molecular weight excluding hydrogens is 302 g/mol. The van der Waals surface area contributed by atoms with Crippen molar-refractivity contribution >= 4 is 21.7 Å². The summed E-state index contributed by atoms with van der Waals surface area (Å²) in [5.41, 5.74) is 2.13. The standard InChI is InChI=1S/C16H17NO4S/c1-10-7-8-14(12(3)9-10)22(20,21)17-15-11(2)5-4-6-13(15)16(18)19/h4-9,17H,1-3H3,(H,18,19). The smallest absolute Gasteiger partial charge is 0.337 e. The average Bonchev–Trinajstić information content (AvgIpc) is 2.40. The van der Waals surface area contributed by atoms with Crippen molar-refractivity contribution in [3.05, 3.63) is 58.7 Å². The van der Waals surface area contributed by atoms with Crippen LogP contribution >= 0.6 is 0 Å². The maximum Gasteiger partial charge on any atom is 0.337 e. The Labute approximate surface area is 129 Å². The molecule has 0 bridgehead atoms. The molecule has 0 aromatic heterocycles. The van der Waals surface area contributed by atoms with Crippen molar-refractivity contribution in [3.63, 3.8) is 0 Å². The Morgan fingerprint density at radius 2 is 1.73 bits per heavy atom. The van der Waals surface area contributed by atoms with E-state index in [4.69, 9.17) is 0 Å². The number of hydrogen-bond donors (Lipinski definition) is 2. The molecule has 0 radical (unpaired) electrons. The van der Waals surface area contributed by atoms with E-state index in [1.807, 2.05) is 6.92 Å². The van der Waals surface area contributed by atoms with Gasteiger partial charge >= 0.3 is 5.97 Å². The van der Waals surface area contributed by atoms with E-state index in [9.17, 15) is 18.3 Å². The van der Waals surface area contributed by atoms with Crippen molar-refractivity contribution in [2.45, 2.75) is 25.7 Å². The Hall–Kier alpha value is -2.34. The third-order valence-corrected chi connectivity index (χ3v) is 4.87. The van der Waals surface area contributed by atoms with Gasteiger partial charge in [0.05, 0.1) is 16.1 Å². The van der Waals surface area contributed by atoms with Crippen LogP contribution in [0.2, 0.25) is 0 Å². The Kier molecular flexibility index (Phi) is 4.23. The number of sulfonamides is 1. The van der Waals surface area contributed by atoms with Gasteiger partial charge in [-0.3, -0.25) is 4.72 Å². The van der Waals surface area contributed by atoms with E-state index in [0.29, 0.717) is 11.1 Å². The SMILES string of the molecule is Cc1ccc(S(=O)(=O)Nc2c(C)cccc2C(=O)O)c(C)c1. The van der Waals surface area contributed by atoms with Gasteiger partial charge in [-0.2, -0.15) is 0 Å². The predicted molar refractivity (Wildman–Crippen MR) is 84.9 cm³/mol. The second kappa shape index (κ2) is 5.81. The van der Waals surface area contributed by atoms with Crippen LogP contribution in [0.5, 0.6) is 0 Å². The number of aromatic carboxylic acids is 1. The van der Waals surface area contributed by atoms with Crippen molar-refractivity contribution in [3.8, 4) is 0 Å². The molecule has 0 aliphatic carbocycles. The maximum absolute atomic E-state index is 12.6. The summed E-state index contributed by atoms with van der Waals surface area (Å²) < 4.78 is 27.5. The molecule has 0 saturated carbocycles. The number of hydrogen-bond acceptors (Lipinski definition) is 3. The summed E-state index contributed by atoms with van der Waals surface area (Å²) in [6.45, 7) is 5.24. The van der Waals surface area contributed by atoms with Crippen LogP contribution in [-0.2, 0) is 10.0 Å². The first-order valence-electron chi connectivity index (χ1n) is 6.65. The molecule has 6 heteroatoms. The highest BCUT2D eigenvalue weighted by molar-refractivity contribution is 7.92. The number of carbonyl (C=O) groups is 1. The van der Waals surface area contributed by atoms with Gasteiger partial charge in [-0.1, -0.05) is 29.8 Å². The van der Waals surface area contributed by atoms with Gasteiger partial charge in [-0.25, -0.2) is 13.2 Å². The molecule has 0 atom stereocenters. The molecule has 0 unspecified atom stereocenters. The molecule has 2 rings (SSSR count). The van der Waals surface area contributed by atoms with Gasteiger partial charge in [0, 0.05) is 0 Å². The van der Waals surface area contributed by atoms with Gasteiger partial charge in [0.1, 0.15) is 0 Å². The number of nitrogens with one attached hydrogen (secondary N) is 1. The van der Waals surface area contributed by atoms with Crippen molar-refractivity contribution < 1.29 is 18.3 Å². The molecule has 0 fully saturated rings. The molecule has 2 aromatic rings. The summed E-state index contributed by atoms with van der Waals surface area (Å²) in [6, 6.07) is 9.60. The highest BCUT2D eigenvalue weighted by atomic mass is 32.2. The van der Waals surface area contributed by atoms with Crippen molar-refractivity contribution in [1.82, 2.24) is 0 Å². The van der Waals surface area contributed by atoms with Crippen LogP contribution in [0.4, 0.5) is 5.69 Å².